The van der Waals surface area contributed by atoms with Gasteiger partial charge in [0.2, 0.25) is 5.91 Å². The van der Waals surface area contributed by atoms with Crippen LogP contribution in [-0.4, -0.2) is 35.5 Å². The number of benzene rings is 2. The number of likely N-dealkylation sites (N-methyl/N-ethyl adjacent to an activating group) is 1. The highest BCUT2D eigenvalue weighted by atomic mass is 19.1. The van der Waals surface area contributed by atoms with Crippen molar-refractivity contribution in [3.05, 3.63) is 65.2 Å². The van der Waals surface area contributed by atoms with Crippen molar-refractivity contribution in [3.63, 3.8) is 0 Å². The molecule has 0 aromatic heterocycles. The number of hydrogen-bond donors (Lipinski definition) is 2. The number of nitrogens with one attached hydrogen (secondary N) is 1. The predicted octanol–water partition coefficient (Wildman–Crippen LogP) is 2.73. The molecule has 0 aliphatic heterocycles. The van der Waals surface area contributed by atoms with E-state index in [1.165, 1.54) is 12.1 Å². The normalized spacial score (nSPS) is 10.7. The first kappa shape index (κ1) is 17.6. The molecule has 24 heavy (non-hydrogen) atoms. The molecule has 0 aliphatic rings. The van der Waals surface area contributed by atoms with Crippen LogP contribution >= 0.6 is 0 Å². The Balaban J connectivity index is 1.97. The Morgan fingerprint density at radius 2 is 1.92 bits per heavy atom. The Morgan fingerprint density at radius 3 is 2.58 bits per heavy atom. The third-order valence-corrected chi connectivity index (χ3v) is 3.24. The van der Waals surface area contributed by atoms with E-state index in [9.17, 15) is 18.4 Å². The second-order valence-corrected chi connectivity index (χ2v) is 5.35. The topological polar surface area (TPSA) is 69.6 Å². The van der Waals surface area contributed by atoms with Crippen LogP contribution in [0.15, 0.2) is 42.5 Å². The van der Waals surface area contributed by atoms with Crippen LogP contribution < -0.4 is 5.32 Å². The molecular weight excluding hydrogens is 318 g/mol. The van der Waals surface area contributed by atoms with Crippen LogP contribution in [0.25, 0.3) is 0 Å². The molecule has 0 aliphatic carbocycles. The highest BCUT2D eigenvalue weighted by molar-refractivity contribution is 5.94. The van der Waals surface area contributed by atoms with Crippen LogP contribution in [0.3, 0.4) is 0 Å². The first-order valence-corrected chi connectivity index (χ1v) is 7.11. The van der Waals surface area contributed by atoms with Gasteiger partial charge in [-0.15, -0.1) is 0 Å². The number of rotatable bonds is 6. The van der Waals surface area contributed by atoms with Crippen LogP contribution in [0, 0.1) is 11.6 Å². The summed E-state index contributed by atoms with van der Waals surface area (Å²) in [6.07, 6.45) is 0. The number of carbonyl (C=O) groups is 2. The average molecular weight is 334 g/mol. The van der Waals surface area contributed by atoms with Gasteiger partial charge in [-0.2, -0.15) is 0 Å². The van der Waals surface area contributed by atoms with Crippen molar-refractivity contribution < 1.29 is 23.5 Å². The lowest BCUT2D eigenvalue weighted by molar-refractivity contribution is -0.117. The molecule has 2 aromatic rings. The van der Waals surface area contributed by atoms with Gasteiger partial charge in [0.15, 0.2) is 0 Å². The fraction of sp³-hybridized carbons (Fsp3) is 0.176. The number of aromatic carboxylic acids is 1. The van der Waals surface area contributed by atoms with Gasteiger partial charge in [0.05, 0.1) is 17.8 Å². The van der Waals surface area contributed by atoms with Crippen LogP contribution in [-0.2, 0) is 11.3 Å². The van der Waals surface area contributed by atoms with E-state index in [1.54, 1.807) is 24.1 Å². The Labute approximate surface area is 137 Å². The van der Waals surface area contributed by atoms with E-state index in [0.29, 0.717) is 12.1 Å². The second kappa shape index (κ2) is 7.65. The number of amides is 1. The summed E-state index contributed by atoms with van der Waals surface area (Å²) in [5.74, 6) is -2.80. The van der Waals surface area contributed by atoms with Gasteiger partial charge in [-0.05, 0) is 42.9 Å². The minimum absolute atomic E-state index is 0.0622. The van der Waals surface area contributed by atoms with Crippen molar-refractivity contribution in [2.75, 3.05) is 18.9 Å². The lowest BCUT2D eigenvalue weighted by atomic mass is 10.2. The zero-order valence-corrected chi connectivity index (χ0v) is 12.9. The zero-order valence-electron chi connectivity index (χ0n) is 12.9. The molecule has 0 heterocycles. The molecule has 0 saturated carbocycles. The maximum absolute atomic E-state index is 13.7. The van der Waals surface area contributed by atoms with Crippen molar-refractivity contribution >= 4 is 17.6 Å². The lowest BCUT2D eigenvalue weighted by Crippen LogP contribution is -2.30. The lowest BCUT2D eigenvalue weighted by Gasteiger charge is -2.16. The molecule has 0 saturated heterocycles. The van der Waals surface area contributed by atoms with Crippen molar-refractivity contribution in [1.82, 2.24) is 4.90 Å². The SMILES string of the molecule is CN(CC(=O)Nc1cc(C(=O)O)ccc1F)Cc1cccc(F)c1. The number of hydrogen-bond acceptors (Lipinski definition) is 3. The van der Waals surface area contributed by atoms with Crippen LogP contribution in [0.4, 0.5) is 14.5 Å². The number of carboxylic acid groups (broad SMARTS) is 1. The van der Waals surface area contributed by atoms with Crippen LogP contribution in [0.2, 0.25) is 0 Å². The van der Waals surface area contributed by atoms with Gasteiger partial charge in [0, 0.05) is 6.54 Å². The summed E-state index contributed by atoms with van der Waals surface area (Å²) < 4.78 is 26.8. The number of carbonyl (C=O) groups excluding carboxylic acids is 1. The molecule has 0 bridgehead atoms. The molecule has 2 aromatic carbocycles. The van der Waals surface area contributed by atoms with Gasteiger partial charge in [-0.3, -0.25) is 9.69 Å². The Morgan fingerprint density at radius 1 is 1.17 bits per heavy atom. The smallest absolute Gasteiger partial charge is 0.335 e. The number of anilines is 1. The molecule has 1 amide bonds. The largest absolute Gasteiger partial charge is 0.478 e. The summed E-state index contributed by atoms with van der Waals surface area (Å²) in [7, 11) is 1.66. The fourth-order valence-electron chi connectivity index (χ4n) is 2.19. The van der Waals surface area contributed by atoms with Crippen molar-refractivity contribution in [2.45, 2.75) is 6.54 Å². The Hall–Kier alpha value is -2.80. The monoisotopic (exact) mass is 334 g/mol. The zero-order chi connectivity index (χ0) is 17.7. The predicted molar refractivity (Wildman–Crippen MR) is 84.7 cm³/mol. The Kier molecular flexibility index (Phi) is 5.59. The minimum Gasteiger partial charge on any atom is -0.478 e. The minimum atomic E-state index is -1.21. The van der Waals surface area contributed by atoms with Gasteiger partial charge in [0.25, 0.3) is 0 Å². The van der Waals surface area contributed by atoms with Crippen molar-refractivity contribution in [2.24, 2.45) is 0 Å². The summed E-state index contributed by atoms with van der Waals surface area (Å²) in [4.78, 5) is 24.5. The summed E-state index contributed by atoms with van der Waals surface area (Å²) in [6, 6.07) is 9.15. The van der Waals surface area contributed by atoms with E-state index in [0.717, 1.165) is 18.2 Å². The van der Waals surface area contributed by atoms with E-state index in [1.807, 2.05) is 0 Å². The molecule has 126 valence electrons. The molecule has 0 spiro atoms. The standard InChI is InChI=1S/C17H16F2N2O3/c1-21(9-11-3-2-4-13(18)7-11)10-16(22)20-15-8-12(17(23)24)5-6-14(15)19/h2-8H,9-10H2,1H3,(H,20,22)(H,23,24). The number of carboxylic acids is 1. The van der Waals surface area contributed by atoms with E-state index in [2.05, 4.69) is 5.32 Å². The molecule has 2 N–H and O–H groups in total. The van der Waals surface area contributed by atoms with Gasteiger partial charge < -0.3 is 10.4 Å². The first-order valence-electron chi connectivity index (χ1n) is 7.11. The van der Waals surface area contributed by atoms with Gasteiger partial charge in [0.1, 0.15) is 11.6 Å². The van der Waals surface area contributed by atoms with E-state index in [-0.39, 0.29) is 23.6 Å². The number of nitrogens with zero attached hydrogens (tertiary/aromatic N) is 1. The maximum Gasteiger partial charge on any atom is 0.335 e. The molecule has 7 heteroatoms. The van der Waals surface area contributed by atoms with Crippen molar-refractivity contribution in [1.29, 1.82) is 0 Å². The molecule has 0 fully saturated rings. The molecular formula is C17H16F2N2O3. The number of halogens is 2. The van der Waals surface area contributed by atoms with Gasteiger partial charge in [-0.1, -0.05) is 12.1 Å². The van der Waals surface area contributed by atoms with Gasteiger partial charge >= 0.3 is 5.97 Å². The summed E-state index contributed by atoms with van der Waals surface area (Å²) in [5.41, 5.74) is 0.378. The average Bonchev–Trinajstić information content (AvgIpc) is 2.49. The molecule has 0 radical (unpaired) electrons. The quantitative estimate of drug-likeness (QED) is 0.852. The molecule has 0 atom stereocenters. The summed E-state index contributed by atoms with van der Waals surface area (Å²) >= 11 is 0. The molecule has 2 rings (SSSR count). The Bertz CT molecular complexity index is 765. The van der Waals surface area contributed by atoms with Gasteiger partial charge in [-0.25, -0.2) is 13.6 Å². The highest BCUT2D eigenvalue weighted by Gasteiger charge is 2.13. The third kappa shape index (κ3) is 4.85. The summed E-state index contributed by atoms with van der Waals surface area (Å²) in [6.45, 7) is 0.274. The van der Waals surface area contributed by atoms with E-state index >= 15 is 0 Å². The molecule has 0 unspecified atom stereocenters. The van der Waals surface area contributed by atoms with E-state index < -0.39 is 17.7 Å². The fourth-order valence-corrected chi connectivity index (χ4v) is 2.19. The van der Waals surface area contributed by atoms with Crippen LogP contribution in [0.5, 0.6) is 0 Å². The van der Waals surface area contributed by atoms with Crippen LogP contribution in [0.1, 0.15) is 15.9 Å². The van der Waals surface area contributed by atoms with E-state index in [4.69, 9.17) is 5.11 Å². The highest BCUT2D eigenvalue weighted by Crippen LogP contribution is 2.16. The second-order valence-electron chi connectivity index (χ2n) is 5.35. The first-order chi connectivity index (χ1) is 11.3. The maximum atomic E-state index is 13.7. The van der Waals surface area contributed by atoms with Crippen molar-refractivity contribution in [3.8, 4) is 0 Å². The third-order valence-electron chi connectivity index (χ3n) is 3.24. The molecule has 5 nitrogen and oxygen atoms in total. The summed E-state index contributed by atoms with van der Waals surface area (Å²) in [5, 5.41) is 11.2.